The summed E-state index contributed by atoms with van der Waals surface area (Å²) in [5, 5.41) is 13.5. The third-order valence-corrected chi connectivity index (χ3v) is 2.92. The van der Waals surface area contributed by atoms with Crippen LogP contribution in [-0.2, 0) is 0 Å². The fourth-order valence-electron chi connectivity index (χ4n) is 1.93. The van der Waals surface area contributed by atoms with Crippen molar-refractivity contribution < 1.29 is 14.4 Å². The van der Waals surface area contributed by atoms with Crippen LogP contribution in [0.5, 0.6) is 17.2 Å². The van der Waals surface area contributed by atoms with Crippen LogP contribution in [-0.4, -0.2) is 15.2 Å². The first kappa shape index (κ1) is 17.3. The quantitative estimate of drug-likeness (QED) is 0.750. The highest BCUT2D eigenvalue weighted by molar-refractivity contribution is 5.64. The fraction of sp³-hybridized carbons (Fsp3) is 0.222. The molecule has 6 nitrogen and oxygen atoms in total. The minimum Gasteiger partial charge on any atom is -0.504 e. The number of aromatic amines is 1. The van der Waals surface area contributed by atoms with Gasteiger partial charge in [-0.2, -0.15) is 0 Å². The van der Waals surface area contributed by atoms with E-state index in [1.165, 1.54) is 6.42 Å². The molecule has 24 heavy (non-hydrogen) atoms. The summed E-state index contributed by atoms with van der Waals surface area (Å²) >= 11 is 0. The third kappa shape index (κ3) is 4.25. The molecule has 1 aromatic heterocycles. The highest BCUT2D eigenvalue weighted by Gasteiger charge is 2.12. The molecule has 0 radical (unpaired) electrons. The van der Waals surface area contributed by atoms with Crippen LogP contribution in [0.25, 0.3) is 11.4 Å². The van der Waals surface area contributed by atoms with E-state index in [0.29, 0.717) is 17.1 Å². The van der Waals surface area contributed by atoms with Crippen molar-refractivity contribution in [3.63, 3.8) is 0 Å². The van der Waals surface area contributed by atoms with Crippen molar-refractivity contribution in [3.8, 4) is 28.6 Å². The lowest BCUT2D eigenvalue weighted by atomic mass is 10.2. The molecule has 0 aliphatic carbocycles. The number of benzene rings is 2. The Hall–Kier alpha value is -3.02. The third-order valence-electron chi connectivity index (χ3n) is 2.92. The Morgan fingerprint density at radius 3 is 2.50 bits per heavy atom. The lowest BCUT2D eigenvalue weighted by Crippen LogP contribution is -1.96. The average molecular weight is 328 g/mol. The number of H-pyrrole nitrogens is 1. The first-order chi connectivity index (χ1) is 11.5. The lowest BCUT2D eigenvalue weighted by Gasteiger charge is -2.10. The molecule has 2 N–H and O–H groups in total. The summed E-state index contributed by atoms with van der Waals surface area (Å²) in [6.45, 7) is 6.12. The number of nitrogens with zero attached hydrogens (tertiary/aromatic N) is 1. The molecule has 3 rings (SSSR count). The van der Waals surface area contributed by atoms with Crippen molar-refractivity contribution in [2.45, 2.75) is 27.2 Å². The maximum absolute atomic E-state index is 11.1. The minimum atomic E-state index is -0.641. The van der Waals surface area contributed by atoms with E-state index in [0.717, 1.165) is 5.56 Å². The Balaban J connectivity index is 0.000000647. The number of phenols is 1. The maximum Gasteiger partial charge on any atom is 0.439 e. The van der Waals surface area contributed by atoms with Gasteiger partial charge in [0.05, 0.1) is 5.56 Å². The molecule has 0 spiro atoms. The second-order valence-corrected chi connectivity index (χ2v) is 5.22. The van der Waals surface area contributed by atoms with E-state index in [1.54, 1.807) is 36.4 Å². The number of hydrogen-bond donors (Lipinski definition) is 2. The normalized spacial score (nSPS) is 9.96. The summed E-state index contributed by atoms with van der Waals surface area (Å²) in [7, 11) is 0. The zero-order valence-electron chi connectivity index (χ0n) is 13.9. The molecule has 1 heterocycles. The smallest absolute Gasteiger partial charge is 0.439 e. The second-order valence-electron chi connectivity index (χ2n) is 5.22. The first-order valence-corrected chi connectivity index (χ1v) is 7.68. The van der Waals surface area contributed by atoms with E-state index in [-0.39, 0.29) is 11.6 Å². The van der Waals surface area contributed by atoms with E-state index in [1.807, 2.05) is 13.0 Å². The van der Waals surface area contributed by atoms with Crippen molar-refractivity contribution in [1.29, 1.82) is 0 Å². The Labute approximate surface area is 139 Å². The van der Waals surface area contributed by atoms with Crippen LogP contribution in [0.2, 0.25) is 0 Å². The number of nitrogens with one attached hydrogen (secondary N) is 1. The van der Waals surface area contributed by atoms with Gasteiger partial charge in [0.1, 0.15) is 5.75 Å². The standard InChI is InChI=1S/C15H12N2O4.C3H8/c1-9-6-7-13(11(18)8-9)20-12-5-3-2-4-10(12)14-16-15(19)21-17-14;1-3-2/h2-8,18H,1H3,(H,16,17,19);3H2,1-2H3. The van der Waals surface area contributed by atoms with E-state index in [4.69, 9.17) is 4.74 Å². The van der Waals surface area contributed by atoms with Crippen LogP contribution in [0, 0.1) is 6.92 Å². The largest absolute Gasteiger partial charge is 0.504 e. The molecule has 126 valence electrons. The van der Waals surface area contributed by atoms with E-state index >= 15 is 0 Å². The van der Waals surface area contributed by atoms with Crippen LogP contribution in [0.4, 0.5) is 0 Å². The van der Waals surface area contributed by atoms with Crippen LogP contribution in [0.1, 0.15) is 25.8 Å². The predicted octanol–water partition coefficient (Wildman–Crippen LogP) is 4.25. The molecule has 2 aromatic carbocycles. The number of ether oxygens (including phenoxy) is 1. The van der Waals surface area contributed by atoms with Gasteiger partial charge in [0.25, 0.3) is 0 Å². The maximum atomic E-state index is 11.1. The molecule has 0 amide bonds. The van der Waals surface area contributed by atoms with E-state index < -0.39 is 5.76 Å². The van der Waals surface area contributed by atoms with Crippen molar-refractivity contribution in [3.05, 3.63) is 58.6 Å². The number of aryl methyl sites for hydroxylation is 1. The molecule has 6 heteroatoms. The van der Waals surface area contributed by atoms with Crippen molar-refractivity contribution in [2.75, 3.05) is 0 Å². The average Bonchev–Trinajstić information content (AvgIpc) is 2.98. The Bertz CT molecular complexity index is 852. The van der Waals surface area contributed by atoms with Crippen molar-refractivity contribution >= 4 is 0 Å². The molecule has 0 bridgehead atoms. The van der Waals surface area contributed by atoms with Gasteiger partial charge >= 0.3 is 5.76 Å². The molecule has 0 saturated heterocycles. The van der Waals surface area contributed by atoms with Gasteiger partial charge in [0, 0.05) is 0 Å². The molecule has 0 atom stereocenters. The number of hydrogen-bond acceptors (Lipinski definition) is 5. The molecule has 0 aliphatic rings. The van der Waals surface area contributed by atoms with Crippen LogP contribution in [0.3, 0.4) is 0 Å². The zero-order chi connectivity index (χ0) is 17.5. The SMILES string of the molecule is CCC.Cc1ccc(Oc2ccccc2-c2noc(=O)[nH]2)c(O)c1. The molecule has 0 saturated carbocycles. The van der Waals surface area contributed by atoms with Gasteiger partial charge in [0.15, 0.2) is 17.3 Å². The Morgan fingerprint density at radius 2 is 1.88 bits per heavy atom. The topological polar surface area (TPSA) is 88.4 Å². The minimum absolute atomic E-state index is 0.0402. The number of aromatic nitrogens is 2. The van der Waals surface area contributed by atoms with Gasteiger partial charge in [-0.15, -0.1) is 0 Å². The predicted molar refractivity (Wildman–Crippen MR) is 91.4 cm³/mol. The van der Waals surface area contributed by atoms with Gasteiger partial charge in [-0.05, 0) is 36.8 Å². The van der Waals surface area contributed by atoms with Gasteiger partial charge in [-0.3, -0.25) is 9.51 Å². The Kier molecular flexibility index (Phi) is 5.78. The van der Waals surface area contributed by atoms with E-state index in [9.17, 15) is 9.90 Å². The number of aromatic hydroxyl groups is 1. The number of phenolic OH excluding ortho intramolecular Hbond substituents is 1. The highest BCUT2D eigenvalue weighted by atomic mass is 16.5. The molecular formula is C18H20N2O4. The molecular weight excluding hydrogens is 308 g/mol. The second kappa shape index (κ2) is 8.01. The number of rotatable bonds is 3. The van der Waals surface area contributed by atoms with Gasteiger partial charge in [0.2, 0.25) is 0 Å². The molecule has 3 aromatic rings. The summed E-state index contributed by atoms with van der Waals surface area (Å²) in [5.74, 6) is 0.429. The molecule has 0 fully saturated rings. The fourth-order valence-corrected chi connectivity index (χ4v) is 1.93. The number of para-hydroxylation sites is 1. The summed E-state index contributed by atoms with van der Waals surface area (Å²) < 4.78 is 10.2. The monoisotopic (exact) mass is 328 g/mol. The lowest BCUT2D eigenvalue weighted by molar-refractivity contribution is 0.387. The van der Waals surface area contributed by atoms with Gasteiger partial charge in [-0.25, -0.2) is 4.79 Å². The summed E-state index contributed by atoms with van der Waals surface area (Å²) in [5.41, 5.74) is 1.48. The summed E-state index contributed by atoms with van der Waals surface area (Å²) in [4.78, 5) is 13.5. The zero-order valence-corrected chi connectivity index (χ0v) is 13.9. The van der Waals surface area contributed by atoms with Gasteiger partial charge < -0.3 is 9.84 Å². The van der Waals surface area contributed by atoms with Crippen LogP contribution in [0.15, 0.2) is 51.8 Å². The summed E-state index contributed by atoms with van der Waals surface area (Å²) in [6.07, 6.45) is 1.25. The highest BCUT2D eigenvalue weighted by Crippen LogP contribution is 2.35. The first-order valence-electron chi connectivity index (χ1n) is 7.68. The molecule has 0 unspecified atom stereocenters. The van der Waals surface area contributed by atoms with E-state index in [2.05, 4.69) is 28.5 Å². The van der Waals surface area contributed by atoms with Crippen molar-refractivity contribution in [1.82, 2.24) is 10.1 Å². The van der Waals surface area contributed by atoms with Crippen molar-refractivity contribution in [2.24, 2.45) is 0 Å². The summed E-state index contributed by atoms with van der Waals surface area (Å²) in [6, 6.07) is 12.1. The van der Waals surface area contributed by atoms with Crippen LogP contribution < -0.4 is 10.5 Å². The van der Waals surface area contributed by atoms with Crippen LogP contribution >= 0.6 is 0 Å². The van der Waals surface area contributed by atoms with Gasteiger partial charge in [-0.1, -0.05) is 43.6 Å². The Morgan fingerprint density at radius 1 is 1.17 bits per heavy atom. The molecule has 0 aliphatic heterocycles.